The van der Waals surface area contributed by atoms with Crippen LogP contribution < -0.4 is 4.74 Å². The molecule has 1 aliphatic heterocycles. The minimum atomic E-state index is 0.0664. The van der Waals surface area contributed by atoms with E-state index in [1.54, 1.807) is 0 Å². The van der Waals surface area contributed by atoms with Crippen LogP contribution in [0.1, 0.15) is 29.3 Å². The molecule has 5 rings (SSSR count). The third kappa shape index (κ3) is 4.60. The second-order valence-electron chi connectivity index (χ2n) is 8.72. The number of para-hydroxylation sites is 3. The second kappa shape index (κ2) is 9.96. The topological polar surface area (TPSA) is 47.4 Å². The van der Waals surface area contributed by atoms with E-state index in [1.165, 1.54) is 0 Å². The summed E-state index contributed by atoms with van der Waals surface area (Å²) in [7, 11) is 0. The van der Waals surface area contributed by atoms with Crippen molar-refractivity contribution in [1.29, 1.82) is 0 Å². The molecule has 1 fully saturated rings. The van der Waals surface area contributed by atoms with Crippen LogP contribution in [-0.2, 0) is 24.3 Å². The summed E-state index contributed by atoms with van der Waals surface area (Å²) in [6.45, 7) is 6.36. The standard InChI is InChI=1S/C29H29N3O2/c1-2-10-23-13-6-9-16-27(23)34-18-17-32-26-15-8-7-14-25(26)30-29(32)24-19-28(33)31(21-24)20-22-11-4-3-5-12-22/h2-9,11-16,24H,1,10,17-21H2/t24-/m1/s1. The van der Waals surface area contributed by atoms with Crippen molar-refractivity contribution in [2.45, 2.75) is 31.8 Å². The number of likely N-dealkylation sites (tertiary alicyclic amines) is 1. The number of imidazole rings is 1. The number of allylic oxidation sites excluding steroid dienone is 1. The average molecular weight is 452 g/mol. The van der Waals surface area contributed by atoms with Crippen LogP contribution in [-0.4, -0.2) is 33.5 Å². The van der Waals surface area contributed by atoms with Gasteiger partial charge in [0, 0.05) is 25.4 Å². The van der Waals surface area contributed by atoms with Crippen LogP contribution in [0.2, 0.25) is 0 Å². The molecular weight excluding hydrogens is 422 g/mol. The predicted octanol–water partition coefficient (Wildman–Crippen LogP) is 5.36. The van der Waals surface area contributed by atoms with Crippen LogP contribution in [0.15, 0.2) is 91.5 Å². The molecule has 1 aliphatic rings. The number of benzene rings is 3. The lowest BCUT2D eigenvalue weighted by molar-refractivity contribution is -0.128. The number of rotatable bonds is 9. The van der Waals surface area contributed by atoms with Crippen molar-refractivity contribution >= 4 is 16.9 Å². The molecule has 0 bridgehead atoms. The quantitative estimate of drug-likeness (QED) is 0.322. The number of hydrogen-bond donors (Lipinski definition) is 0. The molecular formula is C29H29N3O2. The zero-order chi connectivity index (χ0) is 23.3. The summed E-state index contributed by atoms with van der Waals surface area (Å²) >= 11 is 0. The highest BCUT2D eigenvalue weighted by Crippen LogP contribution is 2.31. The van der Waals surface area contributed by atoms with Gasteiger partial charge in [-0.1, -0.05) is 66.7 Å². The molecule has 0 radical (unpaired) electrons. The third-order valence-corrected chi connectivity index (χ3v) is 6.39. The predicted molar refractivity (Wildman–Crippen MR) is 135 cm³/mol. The first-order valence-corrected chi connectivity index (χ1v) is 11.8. The highest BCUT2D eigenvalue weighted by atomic mass is 16.5. The fourth-order valence-corrected chi connectivity index (χ4v) is 4.76. The lowest BCUT2D eigenvalue weighted by atomic mass is 10.1. The van der Waals surface area contributed by atoms with Gasteiger partial charge in [-0.2, -0.15) is 0 Å². The summed E-state index contributed by atoms with van der Waals surface area (Å²) < 4.78 is 8.41. The Balaban J connectivity index is 1.35. The van der Waals surface area contributed by atoms with Gasteiger partial charge < -0.3 is 14.2 Å². The highest BCUT2D eigenvalue weighted by Gasteiger charge is 2.34. The van der Waals surface area contributed by atoms with Crippen molar-refractivity contribution in [2.75, 3.05) is 13.2 Å². The minimum Gasteiger partial charge on any atom is -0.491 e. The Hall–Kier alpha value is -3.86. The molecule has 0 N–H and O–H groups in total. The minimum absolute atomic E-state index is 0.0664. The summed E-state index contributed by atoms with van der Waals surface area (Å²) in [6.07, 6.45) is 3.15. The number of carbonyl (C=O) groups is 1. The van der Waals surface area contributed by atoms with Crippen molar-refractivity contribution in [3.8, 4) is 5.75 Å². The number of fused-ring (bicyclic) bond motifs is 1. The Morgan fingerprint density at radius 3 is 2.62 bits per heavy atom. The second-order valence-corrected chi connectivity index (χ2v) is 8.72. The van der Waals surface area contributed by atoms with E-state index in [-0.39, 0.29) is 11.8 Å². The molecule has 1 saturated heterocycles. The van der Waals surface area contributed by atoms with E-state index in [2.05, 4.69) is 35.4 Å². The van der Waals surface area contributed by atoms with Gasteiger partial charge in [-0.05, 0) is 35.7 Å². The molecule has 1 atom stereocenters. The molecule has 5 heteroatoms. The molecule has 0 spiro atoms. The number of carbonyl (C=O) groups excluding carboxylic acids is 1. The zero-order valence-corrected chi connectivity index (χ0v) is 19.3. The maximum atomic E-state index is 12.8. The van der Waals surface area contributed by atoms with Gasteiger partial charge in [0.1, 0.15) is 18.2 Å². The molecule has 3 aromatic carbocycles. The van der Waals surface area contributed by atoms with Crippen LogP contribution in [0, 0.1) is 0 Å². The van der Waals surface area contributed by atoms with Gasteiger partial charge in [-0.25, -0.2) is 4.98 Å². The molecule has 0 unspecified atom stereocenters. The zero-order valence-electron chi connectivity index (χ0n) is 19.3. The van der Waals surface area contributed by atoms with Crippen molar-refractivity contribution in [3.63, 3.8) is 0 Å². The van der Waals surface area contributed by atoms with Gasteiger partial charge in [0.15, 0.2) is 0 Å². The Kier molecular flexibility index (Phi) is 6.43. The van der Waals surface area contributed by atoms with Gasteiger partial charge in [-0.3, -0.25) is 4.79 Å². The lowest BCUT2D eigenvalue weighted by Gasteiger charge is -2.18. The summed E-state index contributed by atoms with van der Waals surface area (Å²) in [5.74, 6) is 2.10. The molecule has 172 valence electrons. The van der Waals surface area contributed by atoms with E-state index < -0.39 is 0 Å². The molecule has 4 aromatic rings. The first kappa shape index (κ1) is 22.0. The van der Waals surface area contributed by atoms with Crippen LogP contribution >= 0.6 is 0 Å². The first-order chi connectivity index (χ1) is 16.7. The van der Waals surface area contributed by atoms with Gasteiger partial charge in [0.2, 0.25) is 5.91 Å². The number of aromatic nitrogens is 2. The van der Waals surface area contributed by atoms with Gasteiger partial charge in [0.05, 0.1) is 17.6 Å². The molecule has 5 nitrogen and oxygen atoms in total. The van der Waals surface area contributed by atoms with Crippen molar-refractivity contribution < 1.29 is 9.53 Å². The van der Waals surface area contributed by atoms with Crippen LogP contribution in [0.3, 0.4) is 0 Å². The number of hydrogen-bond acceptors (Lipinski definition) is 3. The van der Waals surface area contributed by atoms with E-state index in [0.717, 1.165) is 40.2 Å². The van der Waals surface area contributed by atoms with E-state index >= 15 is 0 Å². The van der Waals surface area contributed by atoms with Crippen molar-refractivity contribution in [3.05, 3.63) is 108 Å². The molecule has 1 amide bonds. The van der Waals surface area contributed by atoms with E-state index in [4.69, 9.17) is 9.72 Å². The largest absolute Gasteiger partial charge is 0.491 e. The molecule has 0 aliphatic carbocycles. The maximum Gasteiger partial charge on any atom is 0.223 e. The number of amides is 1. The van der Waals surface area contributed by atoms with Gasteiger partial charge in [0.25, 0.3) is 0 Å². The molecule has 2 heterocycles. The SMILES string of the molecule is C=CCc1ccccc1OCCn1c([C@@H]2CC(=O)N(Cc3ccccc3)C2)nc2ccccc21. The van der Waals surface area contributed by atoms with Crippen molar-refractivity contribution in [2.24, 2.45) is 0 Å². The Bertz CT molecular complexity index is 1300. The smallest absolute Gasteiger partial charge is 0.223 e. The Labute approximate surface area is 200 Å². The van der Waals surface area contributed by atoms with Crippen LogP contribution in [0.5, 0.6) is 5.75 Å². The Morgan fingerprint density at radius 1 is 1.00 bits per heavy atom. The molecule has 34 heavy (non-hydrogen) atoms. The Morgan fingerprint density at radius 2 is 1.76 bits per heavy atom. The van der Waals surface area contributed by atoms with Crippen molar-refractivity contribution in [1.82, 2.24) is 14.5 Å². The van der Waals surface area contributed by atoms with Crippen LogP contribution in [0.25, 0.3) is 11.0 Å². The normalized spacial score (nSPS) is 15.7. The summed E-state index contributed by atoms with van der Waals surface area (Å²) in [5.41, 5.74) is 4.32. The van der Waals surface area contributed by atoms with Gasteiger partial charge in [-0.15, -0.1) is 6.58 Å². The fraction of sp³-hybridized carbons (Fsp3) is 0.241. The fourth-order valence-electron chi connectivity index (χ4n) is 4.76. The number of ether oxygens (including phenoxy) is 1. The molecule has 1 aromatic heterocycles. The summed E-state index contributed by atoms with van der Waals surface area (Å²) in [4.78, 5) is 19.8. The lowest BCUT2D eigenvalue weighted by Crippen LogP contribution is -2.24. The summed E-state index contributed by atoms with van der Waals surface area (Å²) in [6, 6.07) is 26.4. The van der Waals surface area contributed by atoms with Gasteiger partial charge >= 0.3 is 0 Å². The first-order valence-electron chi connectivity index (χ1n) is 11.8. The third-order valence-electron chi connectivity index (χ3n) is 6.39. The van der Waals surface area contributed by atoms with E-state index in [1.807, 2.05) is 65.6 Å². The highest BCUT2D eigenvalue weighted by molar-refractivity contribution is 5.81. The van der Waals surface area contributed by atoms with E-state index in [0.29, 0.717) is 32.7 Å². The number of nitrogens with zero attached hydrogens (tertiary/aromatic N) is 3. The summed E-state index contributed by atoms with van der Waals surface area (Å²) in [5, 5.41) is 0. The van der Waals surface area contributed by atoms with E-state index in [9.17, 15) is 4.79 Å². The average Bonchev–Trinajstić information content (AvgIpc) is 3.41. The van der Waals surface area contributed by atoms with Crippen LogP contribution in [0.4, 0.5) is 0 Å². The molecule has 0 saturated carbocycles. The maximum absolute atomic E-state index is 12.8. The monoisotopic (exact) mass is 451 g/mol.